The van der Waals surface area contributed by atoms with E-state index in [1.807, 2.05) is 13.8 Å². The fourth-order valence-electron chi connectivity index (χ4n) is 2.89. The first-order valence-corrected chi connectivity index (χ1v) is 8.90. The number of hydrogen-bond donors (Lipinski definition) is 1. The Bertz CT molecular complexity index is 543. The highest BCUT2D eigenvalue weighted by molar-refractivity contribution is 7.89. The minimum absolute atomic E-state index is 0.0922. The first-order valence-electron chi connectivity index (χ1n) is 7.35. The van der Waals surface area contributed by atoms with E-state index in [0.29, 0.717) is 18.4 Å². The van der Waals surface area contributed by atoms with Crippen LogP contribution in [0.1, 0.15) is 64.1 Å². The molecular formula is C13H24N4O2S. The Hall–Kier alpha value is -0.950. The molecule has 1 aliphatic rings. The fourth-order valence-corrected chi connectivity index (χ4v) is 3.52. The minimum Gasteiger partial charge on any atom is -0.300 e. The van der Waals surface area contributed by atoms with Gasteiger partial charge in [0.2, 0.25) is 0 Å². The summed E-state index contributed by atoms with van der Waals surface area (Å²) in [5.41, 5.74) is 0. The molecule has 1 heterocycles. The third-order valence-electron chi connectivity index (χ3n) is 3.77. The van der Waals surface area contributed by atoms with Gasteiger partial charge in [0.05, 0.1) is 0 Å². The maximum absolute atomic E-state index is 11.7. The highest BCUT2D eigenvalue weighted by Gasteiger charge is 2.26. The molecule has 0 bridgehead atoms. The first-order chi connectivity index (χ1) is 9.39. The van der Waals surface area contributed by atoms with Gasteiger partial charge in [0.25, 0.3) is 15.2 Å². The molecule has 0 aromatic carbocycles. The van der Waals surface area contributed by atoms with Gasteiger partial charge in [-0.05, 0) is 18.8 Å². The van der Waals surface area contributed by atoms with E-state index in [1.165, 1.54) is 25.7 Å². The molecule has 2 rings (SSSR count). The van der Waals surface area contributed by atoms with E-state index >= 15 is 0 Å². The predicted octanol–water partition coefficient (Wildman–Crippen LogP) is 2.02. The SMILES string of the molecule is CC(C)Cn1c(C2CCCCCC2)nnc1S(N)(=O)=O. The highest BCUT2D eigenvalue weighted by Crippen LogP contribution is 2.31. The smallest absolute Gasteiger partial charge is 0.273 e. The number of nitrogens with zero attached hydrogens (tertiary/aromatic N) is 3. The van der Waals surface area contributed by atoms with E-state index in [1.54, 1.807) is 4.57 Å². The molecule has 0 radical (unpaired) electrons. The summed E-state index contributed by atoms with van der Waals surface area (Å²) in [7, 11) is -3.82. The van der Waals surface area contributed by atoms with Crippen molar-refractivity contribution in [3.8, 4) is 0 Å². The normalized spacial score (nSPS) is 18.4. The number of sulfonamides is 1. The van der Waals surface area contributed by atoms with Crippen LogP contribution in [0.2, 0.25) is 0 Å². The van der Waals surface area contributed by atoms with Crippen molar-refractivity contribution in [3.63, 3.8) is 0 Å². The Morgan fingerprint density at radius 2 is 1.80 bits per heavy atom. The molecule has 1 saturated carbocycles. The monoisotopic (exact) mass is 300 g/mol. The van der Waals surface area contributed by atoms with Crippen LogP contribution in [0.4, 0.5) is 0 Å². The van der Waals surface area contributed by atoms with Gasteiger partial charge in [0, 0.05) is 12.5 Å². The maximum atomic E-state index is 11.7. The number of aromatic nitrogens is 3. The zero-order valence-electron chi connectivity index (χ0n) is 12.2. The van der Waals surface area contributed by atoms with Crippen molar-refractivity contribution in [1.82, 2.24) is 14.8 Å². The third kappa shape index (κ3) is 3.58. The molecule has 1 fully saturated rings. The van der Waals surface area contributed by atoms with Gasteiger partial charge < -0.3 is 4.57 Å². The van der Waals surface area contributed by atoms with Crippen molar-refractivity contribution in [2.24, 2.45) is 11.1 Å². The van der Waals surface area contributed by atoms with E-state index < -0.39 is 10.0 Å². The second-order valence-corrected chi connectivity index (χ2v) is 7.53. The average molecular weight is 300 g/mol. The molecule has 1 aromatic rings. The van der Waals surface area contributed by atoms with E-state index in [-0.39, 0.29) is 5.16 Å². The zero-order chi connectivity index (χ0) is 14.8. The molecule has 6 nitrogen and oxygen atoms in total. The molecule has 0 spiro atoms. The largest absolute Gasteiger partial charge is 0.300 e. The van der Waals surface area contributed by atoms with Crippen molar-refractivity contribution in [3.05, 3.63) is 5.82 Å². The molecule has 2 N–H and O–H groups in total. The maximum Gasteiger partial charge on any atom is 0.273 e. The molecule has 20 heavy (non-hydrogen) atoms. The number of nitrogens with two attached hydrogens (primary N) is 1. The lowest BCUT2D eigenvalue weighted by Gasteiger charge is -2.17. The molecule has 1 aliphatic carbocycles. The van der Waals surface area contributed by atoms with Gasteiger partial charge in [0.1, 0.15) is 5.82 Å². The minimum atomic E-state index is -3.82. The van der Waals surface area contributed by atoms with Crippen molar-refractivity contribution in [2.45, 2.75) is 70.0 Å². The summed E-state index contributed by atoms with van der Waals surface area (Å²) in [5.74, 6) is 1.42. The molecule has 0 saturated heterocycles. The summed E-state index contributed by atoms with van der Waals surface area (Å²) >= 11 is 0. The first kappa shape index (κ1) is 15.4. The lowest BCUT2D eigenvalue weighted by molar-refractivity contribution is 0.442. The topological polar surface area (TPSA) is 90.9 Å². The van der Waals surface area contributed by atoms with Crippen LogP contribution in [0.5, 0.6) is 0 Å². The summed E-state index contributed by atoms with van der Waals surface area (Å²) in [5, 5.41) is 13.2. The zero-order valence-corrected chi connectivity index (χ0v) is 13.1. The molecule has 0 amide bonds. The van der Waals surface area contributed by atoms with E-state index in [2.05, 4.69) is 10.2 Å². The summed E-state index contributed by atoms with van der Waals surface area (Å²) in [6.45, 7) is 4.68. The van der Waals surface area contributed by atoms with Crippen LogP contribution < -0.4 is 5.14 Å². The van der Waals surface area contributed by atoms with Crippen LogP contribution >= 0.6 is 0 Å². The summed E-state index contributed by atoms with van der Waals surface area (Å²) in [6.07, 6.45) is 6.95. The molecule has 0 unspecified atom stereocenters. The molecule has 7 heteroatoms. The lowest BCUT2D eigenvalue weighted by Crippen LogP contribution is -2.22. The van der Waals surface area contributed by atoms with Gasteiger partial charge in [0.15, 0.2) is 0 Å². The molecule has 1 aromatic heterocycles. The van der Waals surface area contributed by atoms with Gasteiger partial charge in [-0.2, -0.15) is 0 Å². The number of primary sulfonamides is 1. The van der Waals surface area contributed by atoms with E-state index in [9.17, 15) is 8.42 Å². The average Bonchev–Trinajstić information content (AvgIpc) is 2.59. The van der Waals surface area contributed by atoms with Gasteiger partial charge in [-0.3, -0.25) is 0 Å². The summed E-state index contributed by atoms with van der Waals surface area (Å²) in [6, 6.07) is 0. The quantitative estimate of drug-likeness (QED) is 0.861. The van der Waals surface area contributed by atoms with Crippen molar-refractivity contribution < 1.29 is 8.42 Å². The summed E-state index contributed by atoms with van der Waals surface area (Å²) in [4.78, 5) is 0. The van der Waals surface area contributed by atoms with Gasteiger partial charge >= 0.3 is 0 Å². The number of hydrogen-bond acceptors (Lipinski definition) is 4. The van der Waals surface area contributed by atoms with Crippen LogP contribution in [0.25, 0.3) is 0 Å². The van der Waals surface area contributed by atoms with Gasteiger partial charge in [-0.15, -0.1) is 10.2 Å². The predicted molar refractivity (Wildman–Crippen MR) is 76.7 cm³/mol. The second-order valence-electron chi connectivity index (χ2n) is 6.08. The second kappa shape index (κ2) is 6.22. The van der Waals surface area contributed by atoms with Crippen LogP contribution in [0, 0.1) is 5.92 Å². The highest BCUT2D eigenvalue weighted by atomic mass is 32.2. The Morgan fingerprint density at radius 3 is 2.30 bits per heavy atom. The Kier molecular flexibility index (Phi) is 4.80. The standard InChI is InChI=1S/C13H24N4O2S/c1-10(2)9-17-12(11-7-5-3-4-6-8-11)15-16-13(17)20(14,18)19/h10-11H,3-9H2,1-2H3,(H2,14,18,19). The van der Waals surface area contributed by atoms with Crippen molar-refractivity contribution >= 4 is 10.0 Å². The van der Waals surface area contributed by atoms with Crippen LogP contribution in [-0.4, -0.2) is 23.2 Å². The summed E-state index contributed by atoms with van der Waals surface area (Å²) < 4.78 is 25.0. The Labute approximate surface area is 120 Å². The van der Waals surface area contributed by atoms with E-state index in [4.69, 9.17) is 5.14 Å². The van der Waals surface area contributed by atoms with Gasteiger partial charge in [-0.1, -0.05) is 39.5 Å². The number of rotatable bonds is 4. The lowest BCUT2D eigenvalue weighted by atomic mass is 9.99. The molecular weight excluding hydrogens is 276 g/mol. The van der Waals surface area contributed by atoms with E-state index in [0.717, 1.165) is 18.7 Å². The fraction of sp³-hybridized carbons (Fsp3) is 0.846. The van der Waals surface area contributed by atoms with Crippen LogP contribution in [0.15, 0.2) is 5.16 Å². The Balaban J connectivity index is 2.39. The third-order valence-corrected chi connectivity index (χ3v) is 4.58. The Morgan fingerprint density at radius 1 is 1.20 bits per heavy atom. The molecule has 0 atom stereocenters. The van der Waals surface area contributed by atoms with Gasteiger partial charge in [-0.25, -0.2) is 13.6 Å². The molecule has 0 aliphatic heterocycles. The van der Waals surface area contributed by atoms with Crippen LogP contribution in [-0.2, 0) is 16.6 Å². The van der Waals surface area contributed by atoms with Crippen molar-refractivity contribution in [2.75, 3.05) is 0 Å². The molecule has 114 valence electrons. The van der Waals surface area contributed by atoms with Crippen molar-refractivity contribution in [1.29, 1.82) is 0 Å². The van der Waals surface area contributed by atoms with Crippen LogP contribution in [0.3, 0.4) is 0 Å².